The van der Waals surface area contributed by atoms with Crippen LogP contribution in [0.5, 0.6) is 0 Å². The number of benzene rings is 2. The molecule has 1 aromatic heterocycles. The number of nitrogens with zero attached hydrogens (tertiary/aromatic N) is 1. The van der Waals surface area contributed by atoms with Crippen molar-refractivity contribution in [3.8, 4) is 0 Å². The van der Waals surface area contributed by atoms with Crippen LogP contribution in [-0.4, -0.2) is 29.2 Å². The number of amides is 1. The number of ether oxygens (including phenoxy) is 1. The lowest BCUT2D eigenvalue weighted by Gasteiger charge is -2.03. The Hall–Kier alpha value is -3.41. The summed E-state index contributed by atoms with van der Waals surface area (Å²) in [5.41, 5.74) is 2.62. The van der Waals surface area contributed by atoms with E-state index in [1.54, 1.807) is 30.3 Å². The van der Waals surface area contributed by atoms with Crippen LogP contribution >= 0.6 is 0 Å². The van der Waals surface area contributed by atoms with Crippen LogP contribution < -0.4 is 5.32 Å². The van der Waals surface area contributed by atoms with Crippen LogP contribution in [0.2, 0.25) is 0 Å². The highest BCUT2D eigenvalue weighted by atomic mass is 16.5. The third-order valence-electron chi connectivity index (χ3n) is 3.47. The SMILES string of the molecule is COC(=O)c1ccc(NC(=O)C=Cc2n[nH]c3ccccc23)cc1. The van der Waals surface area contributed by atoms with Gasteiger partial charge in [-0.15, -0.1) is 0 Å². The average Bonchev–Trinajstić information content (AvgIpc) is 3.03. The first-order chi connectivity index (χ1) is 11.7. The zero-order valence-corrected chi connectivity index (χ0v) is 12.9. The van der Waals surface area contributed by atoms with Crippen molar-refractivity contribution in [2.75, 3.05) is 12.4 Å². The number of hydrogen-bond donors (Lipinski definition) is 2. The summed E-state index contributed by atoms with van der Waals surface area (Å²) in [5.74, 6) is -0.703. The van der Waals surface area contributed by atoms with Crippen molar-refractivity contribution in [2.24, 2.45) is 0 Å². The minimum atomic E-state index is -0.418. The van der Waals surface area contributed by atoms with Crippen LogP contribution in [0.4, 0.5) is 5.69 Å². The van der Waals surface area contributed by atoms with Gasteiger partial charge in [0.1, 0.15) is 0 Å². The number of para-hydroxylation sites is 1. The third-order valence-corrected chi connectivity index (χ3v) is 3.47. The summed E-state index contributed by atoms with van der Waals surface area (Å²) in [6.07, 6.45) is 3.06. The molecule has 0 aliphatic heterocycles. The zero-order chi connectivity index (χ0) is 16.9. The van der Waals surface area contributed by atoms with Gasteiger partial charge < -0.3 is 10.1 Å². The van der Waals surface area contributed by atoms with Gasteiger partial charge in [-0.1, -0.05) is 18.2 Å². The molecule has 0 atom stereocenters. The van der Waals surface area contributed by atoms with Crippen LogP contribution in [0.15, 0.2) is 54.6 Å². The maximum absolute atomic E-state index is 12.0. The van der Waals surface area contributed by atoms with Gasteiger partial charge in [-0.2, -0.15) is 5.10 Å². The van der Waals surface area contributed by atoms with Gasteiger partial charge in [-0.3, -0.25) is 9.89 Å². The Morgan fingerprint density at radius 2 is 1.88 bits per heavy atom. The molecule has 0 unspecified atom stereocenters. The Kier molecular flexibility index (Phi) is 4.38. The second kappa shape index (κ2) is 6.78. The molecular formula is C18H15N3O3. The number of H-pyrrole nitrogens is 1. The van der Waals surface area contributed by atoms with Crippen molar-refractivity contribution in [3.63, 3.8) is 0 Å². The molecule has 3 rings (SSSR count). The van der Waals surface area contributed by atoms with E-state index in [9.17, 15) is 9.59 Å². The van der Waals surface area contributed by atoms with E-state index in [4.69, 9.17) is 0 Å². The maximum atomic E-state index is 12.0. The first-order valence-corrected chi connectivity index (χ1v) is 7.28. The molecule has 24 heavy (non-hydrogen) atoms. The van der Waals surface area contributed by atoms with E-state index >= 15 is 0 Å². The molecule has 0 saturated heterocycles. The molecular weight excluding hydrogens is 306 g/mol. The summed E-state index contributed by atoms with van der Waals surface area (Å²) in [6, 6.07) is 14.1. The molecule has 6 nitrogen and oxygen atoms in total. The van der Waals surface area contributed by atoms with E-state index in [1.807, 2.05) is 24.3 Å². The summed E-state index contributed by atoms with van der Waals surface area (Å²) in [5, 5.41) is 10.7. The van der Waals surface area contributed by atoms with Gasteiger partial charge >= 0.3 is 5.97 Å². The van der Waals surface area contributed by atoms with E-state index in [1.165, 1.54) is 13.2 Å². The zero-order valence-electron chi connectivity index (χ0n) is 12.9. The summed E-state index contributed by atoms with van der Waals surface area (Å²) in [6.45, 7) is 0. The second-order valence-corrected chi connectivity index (χ2v) is 5.05. The molecule has 0 aliphatic rings. The van der Waals surface area contributed by atoms with Gasteiger partial charge in [0.2, 0.25) is 5.91 Å². The van der Waals surface area contributed by atoms with Gasteiger partial charge in [0.15, 0.2) is 0 Å². The van der Waals surface area contributed by atoms with Gasteiger partial charge in [0.05, 0.1) is 23.9 Å². The third kappa shape index (κ3) is 3.33. The molecule has 0 aliphatic carbocycles. The fourth-order valence-corrected chi connectivity index (χ4v) is 2.26. The Morgan fingerprint density at radius 3 is 2.62 bits per heavy atom. The van der Waals surface area contributed by atoms with Gasteiger partial charge in [-0.25, -0.2) is 4.79 Å². The molecule has 0 fully saturated rings. The molecule has 0 spiro atoms. The Labute approximate surface area is 138 Å². The average molecular weight is 321 g/mol. The van der Waals surface area contributed by atoms with Crippen LogP contribution in [0.25, 0.3) is 17.0 Å². The van der Waals surface area contributed by atoms with E-state index in [2.05, 4.69) is 20.3 Å². The molecule has 1 amide bonds. The molecule has 6 heteroatoms. The molecule has 120 valence electrons. The molecule has 3 aromatic rings. The van der Waals surface area contributed by atoms with Crippen molar-refractivity contribution in [2.45, 2.75) is 0 Å². The predicted octanol–water partition coefficient (Wildman–Crippen LogP) is 3.00. The molecule has 2 aromatic carbocycles. The number of aromatic amines is 1. The number of rotatable bonds is 4. The van der Waals surface area contributed by atoms with Crippen molar-refractivity contribution >= 4 is 34.5 Å². The Bertz CT molecular complexity index is 911. The number of fused-ring (bicyclic) bond motifs is 1. The summed E-state index contributed by atoms with van der Waals surface area (Å²) < 4.78 is 4.62. The topological polar surface area (TPSA) is 84.1 Å². The van der Waals surface area contributed by atoms with E-state index in [0.717, 1.165) is 10.9 Å². The number of hydrogen-bond acceptors (Lipinski definition) is 4. The Morgan fingerprint density at radius 1 is 1.12 bits per heavy atom. The number of carbonyl (C=O) groups is 2. The molecule has 1 heterocycles. The highest BCUT2D eigenvalue weighted by molar-refractivity contribution is 6.03. The first kappa shape index (κ1) is 15.5. The standard InChI is InChI=1S/C18H15N3O3/c1-24-18(23)12-6-8-13(9-7-12)19-17(22)11-10-16-14-4-2-3-5-15(14)20-21-16/h2-11H,1H3,(H,19,22)(H,20,21). The second-order valence-electron chi connectivity index (χ2n) is 5.05. The quantitative estimate of drug-likeness (QED) is 0.571. The lowest BCUT2D eigenvalue weighted by atomic mass is 10.2. The van der Waals surface area contributed by atoms with Gasteiger partial charge in [0.25, 0.3) is 0 Å². The maximum Gasteiger partial charge on any atom is 0.337 e. The number of methoxy groups -OCH3 is 1. The minimum Gasteiger partial charge on any atom is -0.465 e. The van der Waals surface area contributed by atoms with Crippen molar-refractivity contribution in [1.82, 2.24) is 10.2 Å². The molecule has 0 bridgehead atoms. The Balaban J connectivity index is 1.68. The number of aromatic nitrogens is 2. The van der Waals surface area contributed by atoms with Crippen molar-refractivity contribution in [1.29, 1.82) is 0 Å². The molecule has 2 N–H and O–H groups in total. The van der Waals surface area contributed by atoms with Crippen LogP contribution in [0.3, 0.4) is 0 Å². The summed E-state index contributed by atoms with van der Waals surface area (Å²) in [4.78, 5) is 23.3. The van der Waals surface area contributed by atoms with Crippen molar-refractivity contribution < 1.29 is 14.3 Å². The van der Waals surface area contributed by atoms with Gasteiger partial charge in [-0.05, 0) is 36.4 Å². The van der Waals surface area contributed by atoms with Crippen molar-refractivity contribution in [3.05, 3.63) is 65.9 Å². The first-order valence-electron chi connectivity index (χ1n) is 7.28. The van der Waals surface area contributed by atoms with Crippen LogP contribution in [0, 0.1) is 0 Å². The lowest BCUT2D eigenvalue weighted by molar-refractivity contribution is -0.111. The van der Waals surface area contributed by atoms with Crippen LogP contribution in [-0.2, 0) is 9.53 Å². The smallest absolute Gasteiger partial charge is 0.337 e. The largest absolute Gasteiger partial charge is 0.465 e. The van der Waals surface area contributed by atoms with Gasteiger partial charge in [0, 0.05) is 17.1 Å². The van der Waals surface area contributed by atoms with Crippen LogP contribution in [0.1, 0.15) is 16.1 Å². The van der Waals surface area contributed by atoms with E-state index < -0.39 is 5.97 Å². The number of esters is 1. The summed E-state index contributed by atoms with van der Waals surface area (Å²) >= 11 is 0. The normalized spacial score (nSPS) is 10.9. The molecule has 0 radical (unpaired) electrons. The fourth-order valence-electron chi connectivity index (χ4n) is 2.26. The molecule has 0 saturated carbocycles. The fraction of sp³-hybridized carbons (Fsp3) is 0.0556. The number of anilines is 1. The highest BCUT2D eigenvalue weighted by Crippen LogP contribution is 2.16. The van der Waals surface area contributed by atoms with E-state index in [-0.39, 0.29) is 5.91 Å². The summed E-state index contributed by atoms with van der Waals surface area (Å²) in [7, 11) is 1.32. The predicted molar refractivity (Wildman–Crippen MR) is 91.5 cm³/mol. The highest BCUT2D eigenvalue weighted by Gasteiger charge is 2.06. The minimum absolute atomic E-state index is 0.284. The number of nitrogens with one attached hydrogen (secondary N) is 2. The number of carbonyl (C=O) groups excluding carboxylic acids is 2. The monoisotopic (exact) mass is 321 g/mol. The van der Waals surface area contributed by atoms with E-state index in [0.29, 0.717) is 16.9 Å². The lowest BCUT2D eigenvalue weighted by Crippen LogP contribution is -2.08.